The zero-order valence-corrected chi connectivity index (χ0v) is 0. The van der Waals surface area contributed by atoms with Crippen LogP contribution in [0, 0.1) is 0 Å². The molecule has 0 aliphatic rings. The first-order valence-electron chi connectivity index (χ1n) is 0. The third kappa shape index (κ3) is 13.3. The second-order valence-electron chi connectivity index (χ2n) is 0. The van der Waals surface area contributed by atoms with Gasteiger partial charge >= 0.3 is 0 Å². The minimum atomic E-state index is 0. The molecular formula is H18Si4. The molecule has 34 valence electrons. The lowest BCUT2D eigenvalue weighted by Gasteiger charge is -0.0159. The van der Waals surface area contributed by atoms with Crippen LogP contribution in [0.15, 0.2) is 0 Å². The highest BCUT2D eigenvalue weighted by Gasteiger charge is -0.0119. The Morgan fingerprint density at radius 3 is 0.500 bits per heavy atom. The fourth-order valence-corrected chi connectivity index (χ4v) is 0. The van der Waals surface area contributed by atoms with E-state index in [2.05, 4.69) is 0 Å². The van der Waals surface area contributed by atoms with Crippen molar-refractivity contribution in [2.75, 3.05) is 0 Å². The molecule has 0 spiro atoms. The standard InChI is InChI=1S/4H4Si.H2/h4*1H4;1H. The molecule has 0 amide bonds. The molecule has 0 aromatic rings. The number of hydrogen-bond donors (Lipinski definition) is 0. The van der Waals surface area contributed by atoms with Crippen molar-refractivity contribution in [1.82, 2.24) is 0 Å². The first-order chi connectivity index (χ1) is 0. The molecule has 0 bridgehead atoms. The molecule has 0 heterocycles. The average molecular weight is 130 g/mol. The van der Waals surface area contributed by atoms with E-state index < -0.39 is 0 Å². The van der Waals surface area contributed by atoms with Crippen LogP contribution >= 0.6 is 0 Å². The fourth-order valence-electron chi connectivity index (χ4n) is 0. The van der Waals surface area contributed by atoms with Crippen LogP contribution in [0.25, 0.3) is 0 Å². The highest BCUT2D eigenvalue weighted by molar-refractivity contribution is 5.76. The first-order valence-corrected chi connectivity index (χ1v) is 0. The first kappa shape index (κ1) is 96.7. The van der Waals surface area contributed by atoms with Gasteiger partial charge in [-0.1, -0.05) is 0 Å². The van der Waals surface area contributed by atoms with E-state index in [9.17, 15) is 0 Å². The Bertz CT molecular complexity index is 3.61. The maximum atomic E-state index is 0. The van der Waals surface area contributed by atoms with Gasteiger partial charge < -0.3 is 0 Å². The summed E-state index contributed by atoms with van der Waals surface area (Å²) in [7, 11) is 0. The van der Waals surface area contributed by atoms with E-state index in [0.29, 0.717) is 0 Å². The SMILES string of the molecule is [HH].[SiH4].[SiH4].[SiH4].[SiH4]. The van der Waals surface area contributed by atoms with Crippen molar-refractivity contribution in [2.45, 2.75) is 0 Å². The van der Waals surface area contributed by atoms with Crippen molar-refractivity contribution in [1.29, 1.82) is 0 Å². The molecule has 0 N–H and O–H groups in total. The molecule has 0 unspecified atom stereocenters. The zero-order chi connectivity index (χ0) is 0. The summed E-state index contributed by atoms with van der Waals surface area (Å²) < 4.78 is 0. The summed E-state index contributed by atoms with van der Waals surface area (Å²) in [6.07, 6.45) is 0. The van der Waals surface area contributed by atoms with Gasteiger partial charge in [-0.15, -0.1) is 0 Å². The van der Waals surface area contributed by atoms with Crippen LogP contribution in [0.1, 0.15) is 1.43 Å². The van der Waals surface area contributed by atoms with Crippen molar-refractivity contribution in [2.24, 2.45) is 0 Å². The van der Waals surface area contributed by atoms with Crippen LogP contribution < -0.4 is 0 Å². The lowest BCUT2D eigenvalue weighted by molar-refractivity contribution is 5.75. The van der Waals surface area contributed by atoms with Gasteiger partial charge in [0.25, 0.3) is 0 Å². The lowest BCUT2D eigenvalue weighted by Crippen LogP contribution is -0.382. The largest absolute Gasteiger partial charge is 0.0149 e. The van der Waals surface area contributed by atoms with E-state index in [4.69, 9.17) is 0 Å². The van der Waals surface area contributed by atoms with E-state index >= 15 is 0 Å². The van der Waals surface area contributed by atoms with Gasteiger partial charge in [0.05, 0.1) is 0 Å². The summed E-state index contributed by atoms with van der Waals surface area (Å²) in [6.45, 7) is 0. The third-order valence-corrected chi connectivity index (χ3v) is 0. The number of hydrogen-bond acceptors (Lipinski definition) is 0. The molecule has 4 heavy (non-hydrogen) atoms. The molecule has 0 saturated heterocycles. The molecule has 0 aromatic carbocycles. The molecule has 0 fully saturated rings. The molecule has 0 saturated carbocycles. The van der Waals surface area contributed by atoms with Crippen LogP contribution in [0.2, 0.25) is 0 Å². The van der Waals surface area contributed by atoms with Crippen LogP contribution in [0.4, 0.5) is 0 Å². The predicted octanol–water partition coefficient (Wildman–Crippen LogP) is -5.56. The highest BCUT2D eigenvalue weighted by atomic mass is 28.1. The maximum Gasteiger partial charge on any atom is 0 e. The molecule has 0 nitrogen and oxygen atoms in total. The Labute approximate surface area is 45.9 Å². The van der Waals surface area contributed by atoms with Crippen molar-refractivity contribution in [3.05, 3.63) is 0 Å². The summed E-state index contributed by atoms with van der Waals surface area (Å²) in [5.74, 6) is 0. The quantitative estimate of drug-likeness (QED) is 0.287. The van der Waals surface area contributed by atoms with Crippen molar-refractivity contribution < 1.29 is 1.43 Å². The van der Waals surface area contributed by atoms with E-state index in [0.717, 1.165) is 0 Å². The van der Waals surface area contributed by atoms with Crippen LogP contribution in [-0.4, -0.2) is 43.9 Å². The van der Waals surface area contributed by atoms with Crippen LogP contribution in [-0.2, 0) is 0 Å². The summed E-state index contributed by atoms with van der Waals surface area (Å²) in [6, 6.07) is 0. The average Bonchev–Trinajstić information content (AvgIpc) is 0. The zero-order valence-electron chi connectivity index (χ0n) is 0. The van der Waals surface area contributed by atoms with Gasteiger partial charge in [-0.2, -0.15) is 0 Å². The normalized spacial score (nSPS) is 0. The van der Waals surface area contributed by atoms with Gasteiger partial charge in [-0.3, -0.25) is 0 Å². The Morgan fingerprint density at radius 1 is 0.500 bits per heavy atom. The molecule has 0 aromatic heterocycles. The topological polar surface area (TPSA) is 0 Å². The predicted molar refractivity (Wildman–Crippen MR) is 47.5 cm³/mol. The monoisotopic (exact) mass is 130 g/mol. The molecule has 0 rings (SSSR count). The summed E-state index contributed by atoms with van der Waals surface area (Å²) >= 11 is 0. The van der Waals surface area contributed by atoms with Gasteiger partial charge in [0.1, 0.15) is 0 Å². The maximum absolute atomic E-state index is 0. The molecule has 0 aliphatic heterocycles. The van der Waals surface area contributed by atoms with E-state index in [1.165, 1.54) is 0 Å². The van der Waals surface area contributed by atoms with Gasteiger partial charge in [0, 0.05) is 1.43 Å². The lowest BCUT2D eigenvalue weighted by atomic mass is 28.1. The number of rotatable bonds is 0. The van der Waals surface area contributed by atoms with Gasteiger partial charge in [-0.05, 0) is 43.9 Å². The van der Waals surface area contributed by atoms with E-state index in [1.807, 2.05) is 0 Å². The van der Waals surface area contributed by atoms with Crippen LogP contribution in [0.3, 0.4) is 0 Å². The van der Waals surface area contributed by atoms with Crippen molar-refractivity contribution in [3.8, 4) is 0 Å². The summed E-state index contributed by atoms with van der Waals surface area (Å²) in [4.78, 5) is 0. The van der Waals surface area contributed by atoms with Crippen molar-refractivity contribution >= 4 is 43.9 Å². The summed E-state index contributed by atoms with van der Waals surface area (Å²) in [5.41, 5.74) is 0. The van der Waals surface area contributed by atoms with Crippen molar-refractivity contribution in [3.63, 3.8) is 0 Å². The minimum Gasteiger partial charge on any atom is -0.0149 e. The molecule has 4 heteroatoms. The van der Waals surface area contributed by atoms with Gasteiger partial charge in [0.15, 0.2) is 0 Å². The van der Waals surface area contributed by atoms with Crippen LogP contribution in [0.5, 0.6) is 0 Å². The van der Waals surface area contributed by atoms with E-state index in [1.54, 1.807) is 0 Å². The smallest absolute Gasteiger partial charge is 0 e. The molecule has 0 atom stereocenters. The third-order valence-electron chi connectivity index (χ3n) is 0. The second kappa shape index (κ2) is 42.3. The Hall–Kier alpha value is 0.868. The highest BCUT2D eigenvalue weighted by Crippen LogP contribution is -0.378. The Kier molecular flexibility index (Phi) is 1020. The Balaban J connectivity index is 0. The van der Waals surface area contributed by atoms with Gasteiger partial charge in [-0.25, -0.2) is 0 Å². The van der Waals surface area contributed by atoms with Gasteiger partial charge in [0.2, 0.25) is 0 Å². The molecule has 0 aliphatic carbocycles. The van der Waals surface area contributed by atoms with E-state index in [-0.39, 0.29) is 45.3 Å². The fraction of sp³-hybridized carbons (Fsp3) is 0. The molecule has 0 radical (unpaired) electrons. The second-order valence-corrected chi connectivity index (χ2v) is 0. The molecular weight excluding hydrogens is 112 g/mol. The Morgan fingerprint density at radius 2 is 0.500 bits per heavy atom. The minimum absolute atomic E-state index is 0. The summed E-state index contributed by atoms with van der Waals surface area (Å²) in [5, 5.41) is 0.